The Morgan fingerprint density at radius 3 is 2.62 bits per heavy atom. The number of nitriles is 1. The summed E-state index contributed by atoms with van der Waals surface area (Å²) in [6.07, 6.45) is -0.178. The first-order chi connectivity index (χ1) is 17.7. The maximum atomic E-state index is 13.8. The highest BCUT2D eigenvalue weighted by atomic mass is 32.1. The number of nitrogen functional groups attached to an aromatic ring is 1. The number of carbonyl (C=O) groups is 1. The van der Waals surface area contributed by atoms with Gasteiger partial charge in [-0.3, -0.25) is 4.79 Å². The number of ketones is 1. The fourth-order valence-electron chi connectivity index (χ4n) is 5.88. The summed E-state index contributed by atoms with van der Waals surface area (Å²) in [7, 11) is 0. The second-order valence-electron chi connectivity index (χ2n) is 9.79. The average Bonchev–Trinajstić information content (AvgIpc) is 3.03. The summed E-state index contributed by atoms with van der Waals surface area (Å²) in [6.45, 7) is 2.24. The summed E-state index contributed by atoms with van der Waals surface area (Å²) in [5, 5.41) is 13.4. The molecule has 5 N–H and O–H groups in total. The number of nitrogens with one attached hydrogen (secondary N) is 1. The minimum Gasteiger partial charge on any atom is -0.401 e. The number of halogens is 3. The lowest BCUT2D eigenvalue weighted by Crippen LogP contribution is -2.41. The molecule has 0 amide bonds. The van der Waals surface area contributed by atoms with Crippen LogP contribution in [0.1, 0.15) is 70.7 Å². The number of aryl methyl sites for hydroxylation is 1. The normalized spacial score (nSPS) is 22.5. The number of rotatable bonds is 3. The minimum absolute atomic E-state index is 0.108. The predicted molar refractivity (Wildman–Crippen MR) is 134 cm³/mol. The lowest BCUT2D eigenvalue weighted by atomic mass is 9.62. The van der Waals surface area contributed by atoms with Crippen molar-refractivity contribution in [2.45, 2.75) is 56.5 Å². The van der Waals surface area contributed by atoms with E-state index in [-0.39, 0.29) is 17.2 Å². The first kappa shape index (κ1) is 25.5. The topological polar surface area (TPSA) is 134 Å². The molecule has 0 aromatic carbocycles. The molecule has 8 nitrogen and oxygen atoms in total. The number of Topliss-reactive ketones (excluding diaryl/α,β-unsaturated/α-hetero) is 1. The number of hydrogen-bond donors (Lipinski definition) is 3. The molecule has 1 atom stereocenters. The van der Waals surface area contributed by atoms with Gasteiger partial charge in [-0.15, -0.1) is 11.3 Å². The smallest absolute Gasteiger partial charge is 0.401 e. The van der Waals surface area contributed by atoms with Crippen LogP contribution in [0.25, 0.3) is 0 Å². The zero-order chi connectivity index (χ0) is 26.4. The molecule has 0 unspecified atom stereocenters. The Balaban J connectivity index is 1.61. The second kappa shape index (κ2) is 9.61. The third-order valence-corrected chi connectivity index (χ3v) is 8.69. The summed E-state index contributed by atoms with van der Waals surface area (Å²) in [5.74, 6) is -0.726. The van der Waals surface area contributed by atoms with Gasteiger partial charge in [0.1, 0.15) is 16.8 Å². The molecular weight excluding hydrogens is 503 g/mol. The molecule has 196 valence electrons. The molecule has 0 radical (unpaired) electrons. The molecule has 3 aliphatic rings. The SMILES string of the molecule is N#Cc1c(N)sc2c1[C@]1(CCCC(C(=O)c3cc(C(F)(F)F)nc(N4CCCNCC4)n3)=C1N)CCC2. The lowest BCUT2D eigenvalue weighted by Gasteiger charge is -2.42. The van der Waals surface area contributed by atoms with Gasteiger partial charge in [0.15, 0.2) is 5.69 Å². The maximum Gasteiger partial charge on any atom is 0.433 e. The summed E-state index contributed by atoms with van der Waals surface area (Å²) in [5.41, 5.74) is 12.5. The molecule has 2 aromatic heterocycles. The number of nitrogens with zero attached hydrogens (tertiary/aromatic N) is 4. The van der Waals surface area contributed by atoms with Gasteiger partial charge in [0, 0.05) is 41.2 Å². The van der Waals surface area contributed by atoms with E-state index in [1.807, 2.05) is 0 Å². The highest BCUT2D eigenvalue weighted by molar-refractivity contribution is 7.16. The summed E-state index contributed by atoms with van der Waals surface area (Å²) in [6, 6.07) is 2.93. The van der Waals surface area contributed by atoms with Crippen molar-refractivity contribution in [2.75, 3.05) is 36.8 Å². The highest BCUT2D eigenvalue weighted by Crippen LogP contribution is 2.53. The van der Waals surface area contributed by atoms with Crippen LogP contribution in [0.4, 0.5) is 24.1 Å². The van der Waals surface area contributed by atoms with Crippen LogP contribution in [-0.4, -0.2) is 41.9 Å². The van der Waals surface area contributed by atoms with Crippen molar-refractivity contribution >= 4 is 28.1 Å². The molecule has 1 saturated heterocycles. The highest BCUT2D eigenvalue weighted by Gasteiger charge is 2.46. The van der Waals surface area contributed by atoms with Gasteiger partial charge in [-0.1, -0.05) is 0 Å². The molecule has 0 saturated carbocycles. The van der Waals surface area contributed by atoms with Crippen molar-refractivity contribution < 1.29 is 18.0 Å². The quantitative estimate of drug-likeness (QED) is 0.511. The van der Waals surface area contributed by atoms with E-state index in [1.165, 1.54) is 11.3 Å². The third-order valence-electron chi connectivity index (χ3n) is 7.61. The van der Waals surface area contributed by atoms with Crippen LogP contribution in [0.15, 0.2) is 17.3 Å². The molecule has 12 heteroatoms. The van der Waals surface area contributed by atoms with Crippen molar-refractivity contribution in [3.05, 3.63) is 44.7 Å². The predicted octanol–water partition coefficient (Wildman–Crippen LogP) is 3.66. The molecule has 3 heterocycles. The van der Waals surface area contributed by atoms with Crippen LogP contribution < -0.4 is 21.7 Å². The van der Waals surface area contributed by atoms with Gasteiger partial charge in [-0.2, -0.15) is 18.4 Å². The molecule has 2 aromatic rings. The fourth-order valence-corrected chi connectivity index (χ4v) is 7.05. The van der Waals surface area contributed by atoms with E-state index in [0.29, 0.717) is 61.6 Å². The molecule has 37 heavy (non-hydrogen) atoms. The van der Waals surface area contributed by atoms with Crippen molar-refractivity contribution in [1.82, 2.24) is 15.3 Å². The number of carbonyl (C=O) groups excluding carboxylic acids is 1. The average molecular weight is 532 g/mol. The Morgan fingerprint density at radius 2 is 1.89 bits per heavy atom. The van der Waals surface area contributed by atoms with Gasteiger partial charge in [-0.05, 0) is 63.1 Å². The number of hydrogen-bond acceptors (Lipinski definition) is 9. The number of anilines is 2. The first-order valence-corrected chi connectivity index (χ1v) is 13.2. The summed E-state index contributed by atoms with van der Waals surface area (Å²) >= 11 is 1.38. The van der Waals surface area contributed by atoms with E-state index in [0.717, 1.165) is 42.3 Å². The van der Waals surface area contributed by atoms with Crippen molar-refractivity contribution in [2.24, 2.45) is 5.73 Å². The first-order valence-electron chi connectivity index (χ1n) is 12.4. The van der Waals surface area contributed by atoms with Crippen LogP contribution in [-0.2, 0) is 18.0 Å². The third kappa shape index (κ3) is 4.44. The Bertz CT molecular complexity index is 1300. The van der Waals surface area contributed by atoms with E-state index >= 15 is 0 Å². The standard InChI is InChI=1S/C25H28F3N7OS/c26-25(27,28)18-12-16(33-23(34-18)35-10-3-8-32-9-11-35)20(36)14-4-1-6-24(21(14)30)7-2-5-17-19(24)15(13-29)22(31)37-17/h12,32H,1-11,30-31H2/t24-/m0/s1. The Morgan fingerprint density at radius 1 is 1.14 bits per heavy atom. The van der Waals surface area contributed by atoms with Crippen molar-refractivity contribution in [3.8, 4) is 6.07 Å². The molecular formula is C25H28F3N7OS. The van der Waals surface area contributed by atoms with Gasteiger partial charge in [0.05, 0.1) is 5.56 Å². The fraction of sp³-hybridized carbons (Fsp3) is 0.520. The number of aromatic nitrogens is 2. The van der Waals surface area contributed by atoms with Gasteiger partial charge in [0.25, 0.3) is 0 Å². The largest absolute Gasteiger partial charge is 0.433 e. The number of allylic oxidation sites excluding steroid dienone is 2. The molecule has 1 spiro atoms. The monoisotopic (exact) mass is 531 g/mol. The zero-order valence-electron chi connectivity index (χ0n) is 20.2. The Kier molecular flexibility index (Phi) is 6.62. The minimum atomic E-state index is -4.74. The van der Waals surface area contributed by atoms with E-state index < -0.39 is 23.1 Å². The summed E-state index contributed by atoms with van der Waals surface area (Å²) in [4.78, 5) is 24.5. The van der Waals surface area contributed by atoms with Crippen LogP contribution in [0.3, 0.4) is 0 Å². The summed E-state index contributed by atoms with van der Waals surface area (Å²) < 4.78 is 41.4. The van der Waals surface area contributed by atoms with E-state index in [2.05, 4.69) is 21.4 Å². The molecule has 1 aliphatic heterocycles. The zero-order valence-corrected chi connectivity index (χ0v) is 21.1. The Hall–Kier alpha value is -3.17. The van der Waals surface area contributed by atoms with Crippen LogP contribution in [0, 0.1) is 11.3 Å². The maximum absolute atomic E-state index is 13.8. The number of alkyl halides is 3. The van der Waals surface area contributed by atoms with Crippen LogP contribution in [0.2, 0.25) is 0 Å². The molecule has 5 rings (SSSR count). The molecule has 2 aliphatic carbocycles. The van der Waals surface area contributed by atoms with E-state index in [4.69, 9.17) is 11.5 Å². The van der Waals surface area contributed by atoms with Gasteiger partial charge in [-0.25, -0.2) is 9.97 Å². The van der Waals surface area contributed by atoms with Gasteiger partial charge >= 0.3 is 6.18 Å². The van der Waals surface area contributed by atoms with E-state index in [1.54, 1.807) is 4.90 Å². The van der Waals surface area contributed by atoms with Crippen LogP contribution >= 0.6 is 11.3 Å². The van der Waals surface area contributed by atoms with Gasteiger partial charge < -0.3 is 21.7 Å². The Labute approximate surface area is 216 Å². The second-order valence-corrected chi connectivity index (χ2v) is 10.9. The van der Waals surface area contributed by atoms with Crippen molar-refractivity contribution in [3.63, 3.8) is 0 Å². The number of nitrogens with two attached hydrogens (primary N) is 2. The van der Waals surface area contributed by atoms with Crippen LogP contribution in [0.5, 0.6) is 0 Å². The molecule has 1 fully saturated rings. The lowest BCUT2D eigenvalue weighted by molar-refractivity contribution is -0.141. The van der Waals surface area contributed by atoms with Gasteiger partial charge in [0.2, 0.25) is 11.7 Å². The van der Waals surface area contributed by atoms with Crippen molar-refractivity contribution in [1.29, 1.82) is 5.26 Å². The number of fused-ring (bicyclic) bond motifs is 2. The van der Waals surface area contributed by atoms with E-state index in [9.17, 15) is 23.2 Å². The molecule has 0 bridgehead atoms. The number of thiophene rings is 1.